The summed E-state index contributed by atoms with van der Waals surface area (Å²) in [6.07, 6.45) is 2.14. The molecule has 0 spiro atoms. The molecule has 5 nitrogen and oxygen atoms in total. The van der Waals surface area contributed by atoms with Crippen molar-refractivity contribution in [3.63, 3.8) is 0 Å². The van der Waals surface area contributed by atoms with Gasteiger partial charge in [0.05, 0.1) is 5.75 Å². The SMILES string of the molecule is Cc1ccc(CSCC(=O)NCCc2ncn[nH]2)cc1. The van der Waals surface area contributed by atoms with Crippen LogP contribution in [-0.4, -0.2) is 33.4 Å². The van der Waals surface area contributed by atoms with Crippen LogP contribution < -0.4 is 5.32 Å². The average molecular weight is 290 g/mol. The molecule has 20 heavy (non-hydrogen) atoms. The standard InChI is InChI=1S/C14H18N4OS/c1-11-2-4-12(5-3-11)8-20-9-14(19)15-7-6-13-16-10-17-18-13/h2-5,10H,6-9H2,1H3,(H,15,19)(H,16,17,18). The quantitative estimate of drug-likeness (QED) is 0.814. The number of amides is 1. The molecule has 0 saturated heterocycles. The highest BCUT2D eigenvalue weighted by Crippen LogP contribution is 2.12. The molecular formula is C14H18N4OS. The molecule has 0 radical (unpaired) electrons. The predicted octanol–water partition coefficient (Wildman–Crippen LogP) is 1.71. The number of rotatable bonds is 7. The van der Waals surface area contributed by atoms with Crippen LogP contribution >= 0.6 is 11.8 Å². The van der Waals surface area contributed by atoms with Gasteiger partial charge in [0.2, 0.25) is 5.91 Å². The van der Waals surface area contributed by atoms with Crippen molar-refractivity contribution in [2.24, 2.45) is 0 Å². The molecule has 0 bridgehead atoms. The fourth-order valence-corrected chi connectivity index (χ4v) is 2.49. The van der Waals surface area contributed by atoms with Gasteiger partial charge in [-0.05, 0) is 12.5 Å². The number of benzene rings is 1. The summed E-state index contributed by atoms with van der Waals surface area (Å²) in [5.74, 6) is 2.18. The van der Waals surface area contributed by atoms with E-state index in [0.717, 1.165) is 11.6 Å². The smallest absolute Gasteiger partial charge is 0.230 e. The number of carbonyl (C=O) groups excluding carboxylic acids is 1. The van der Waals surface area contributed by atoms with Crippen molar-refractivity contribution >= 4 is 17.7 Å². The number of aromatic amines is 1. The largest absolute Gasteiger partial charge is 0.355 e. The Bertz CT molecular complexity index is 525. The Morgan fingerprint density at radius 2 is 2.15 bits per heavy atom. The Hall–Kier alpha value is -1.82. The van der Waals surface area contributed by atoms with Crippen molar-refractivity contribution in [3.8, 4) is 0 Å². The van der Waals surface area contributed by atoms with E-state index in [1.165, 1.54) is 17.5 Å². The fourth-order valence-electron chi connectivity index (χ4n) is 1.67. The molecule has 1 aromatic heterocycles. The second kappa shape index (κ2) is 7.69. The monoisotopic (exact) mass is 290 g/mol. The first-order valence-electron chi connectivity index (χ1n) is 6.48. The minimum Gasteiger partial charge on any atom is -0.355 e. The van der Waals surface area contributed by atoms with E-state index in [-0.39, 0.29) is 5.91 Å². The number of hydrogen-bond donors (Lipinski definition) is 2. The van der Waals surface area contributed by atoms with E-state index in [1.54, 1.807) is 11.8 Å². The second-order valence-corrected chi connectivity index (χ2v) is 5.50. The van der Waals surface area contributed by atoms with Crippen LogP contribution in [0.4, 0.5) is 0 Å². The number of carbonyl (C=O) groups is 1. The predicted molar refractivity (Wildman–Crippen MR) is 80.4 cm³/mol. The summed E-state index contributed by atoms with van der Waals surface area (Å²) in [4.78, 5) is 15.6. The number of hydrogen-bond acceptors (Lipinski definition) is 4. The van der Waals surface area contributed by atoms with E-state index < -0.39 is 0 Å². The van der Waals surface area contributed by atoms with Crippen molar-refractivity contribution in [1.29, 1.82) is 0 Å². The summed E-state index contributed by atoms with van der Waals surface area (Å²) in [6.45, 7) is 2.65. The van der Waals surface area contributed by atoms with Gasteiger partial charge >= 0.3 is 0 Å². The fraction of sp³-hybridized carbons (Fsp3) is 0.357. The minimum absolute atomic E-state index is 0.0571. The van der Waals surface area contributed by atoms with Crippen LogP contribution in [0, 0.1) is 6.92 Å². The Morgan fingerprint density at radius 3 is 2.85 bits per heavy atom. The van der Waals surface area contributed by atoms with Gasteiger partial charge in [0.15, 0.2) is 0 Å². The van der Waals surface area contributed by atoms with Crippen LogP contribution in [0.5, 0.6) is 0 Å². The lowest BCUT2D eigenvalue weighted by Crippen LogP contribution is -2.27. The summed E-state index contributed by atoms with van der Waals surface area (Å²) < 4.78 is 0. The third-order valence-electron chi connectivity index (χ3n) is 2.77. The zero-order valence-corrected chi connectivity index (χ0v) is 12.2. The maximum atomic E-state index is 11.6. The zero-order valence-electron chi connectivity index (χ0n) is 11.4. The maximum absolute atomic E-state index is 11.6. The summed E-state index contributed by atoms with van der Waals surface area (Å²) in [5, 5.41) is 9.39. The van der Waals surface area contributed by atoms with Gasteiger partial charge in [0.1, 0.15) is 12.2 Å². The molecular weight excluding hydrogens is 272 g/mol. The van der Waals surface area contributed by atoms with Gasteiger partial charge in [-0.1, -0.05) is 29.8 Å². The molecule has 1 amide bonds. The molecule has 6 heteroatoms. The molecule has 0 atom stereocenters. The van der Waals surface area contributed by atoms with Crippen LogP contribution in [0.2, 0.25) is 0 Å². The van der Waals surface area contributed by atoms with Gasteiger partial charge in [-0.25, -0.2) is 4.98 Å². The van der Waals surface area contributed by atoms with Gasteiger partial charge < -0.3 is 5.32 Å². The van der Waals surface area contributed by atoms with E-state index in [4.69, 9.17) is 0 Å². The molecule has 106 valence electrons. The van der Waals surface area contributed by atoms with Gasteiger partial charge in [-0.2, -0.15) is 5.10 Å². The second-order valence-electron chi connectivity index (χ2n) is 4.51. The lowest BCUT2D eigenvalue weighted by atomic mass is 10.2. The summed E-state index contributed by atoms with van der Waals surface area (Å²) in [5.41, 5.74) is 2.50. The third-order valence-corrected chi connectivity index (χ3v) is 3.78. The van der Waals surface area contributed by atoms with E-state index in [0.29, 0.717) is 18.7 Å². The molecule has 2 aromatic rings. The van der Waals surface area contributed by atoms with Crippen molar-refractivity contribution in [2.45, 2.75) is 19.1 Å². The molecule has 2 rings (SSSR count). The maximum Gasteiger partial charge on any atom is 0.230 e. The van der Waals surface area contributed by atoms with E-state index in [9.17, 15) is 4.79 Å². The van der Waals surface area contributed by atoms with Crippen LogP contribution in [0.3, 0.4) is 0 Å². The van der Waals surface area contributed by atoms with E-state index >= 15 is 0 Å². The van der Waals surface area contributed by atoms with Gasteiger partial charge in [0.25, 0.3) is 0 Å². The summed E-state index contributed by atoms with van der Waals surface area (Å²) in [6, 6.07) is 8.38. The van der Waals surface area contributed by atoms with Crippen molar-refractivity contribution < 1.29 is 4.79 Å². The molecule has 0 aliphatic carbocycles. The van der Waals surface area contributed by atoms with Crippen molar-refractivity contribution in [2.75, 3.05) is 12.3 Å². The number of aromatic nitrogens is 3. The van der Waals surface area contributed by atoms with E-state index in [2.05, 4.69) is 51.7 Å². The number of H-pyrrole nitrogens is 1. The normalized spacial score (nSPS) is 10.4. The first-order valence-corrected chi connectivity index (χ1v) is 7.64. The zero-order chi connectivity index (χ0) is 14.2. The highest BCUT2D eigenvalue weighted by Gasteiger charge is 2.02. The van der Waals surface area contributed by atoms with Gasteiger partial charge in [0, 0.05) is 18.7 Å². The van der Waals surface area contributed by atoms with Crippen LogP contribution in [0.25, 0.3) is 0 Å². The minimum atomic E-state index is 0.0571. The molecule has 0 fully saturated rings. The lowest BCUT2D eigenvalue weighted by Gasteiger charge is -2.04. The van der Waals surface area contributed by atoms with E-state index in [1.807, 2.05) is 0 Å². The summed E-state index contributed by atoms with van der Waals surface area (Å²) >= 11 is 1.62. The Balaban J connectivity index is 1.59. The highest BCUT2D eigenvalue weighted by molar-refractivity contribution is 7.99. The Labute approximate surface area is 122 Å². The lowest BCUT2D eigenvalue weighted by molar-refractivity contribution is -0.118. The average Bonchev–Trinajstić information content (AvgIpc) is 2.94. The molecule has 2 N–H and O–H groups in total. The molecule has 0 unspecified atom stereocenters. The van der Waals surface area contributed by atoms with Gasteiger partial charge in [-0.3, -0.25) is 9.89 Å². The number of aryl methyl sites for hydroxylation is 1. The van der Waals surface area contributed by atoms with Crippen LogP contribution in [0.1, 0.15) is 17.0 Å². The molecule has 1 aromatic carbocycles. The first kappa shape index (κ1) is 14.6. The molecule has 0 saturated carbocycles. The van der Waals surface area contributed by atoms with Crippen molar-refractivity contribution in [1.82, 2.24) is 20.5 Å². The molecule has 0 aliphatic rings. The topological polar surface area (TPSA) is 70.7 Å². The van der Waals surface area contributed by atoms with Crippen LogP contribution in [-0.2, 0) is 17.0 Å². The van der Waals surface area contributed by atoms with Crippen molar-refractivity contribution in [3.05, 3.63) is 47.5 Å². The molecule has 1 heterocycles. The Kier molecular flexibility index (Phi) is 5.61. The number of nitrogens with one attached hydrogen (secondary N) is 2. The molecule has 0 aliphatic heterocycles. The van der Waals surface area contributed by atoms with Gasteiger partial charge in [-0.15, -0.1) is 11.8 Å². The Morgan fingerprint density at radius 1 is 1.35 bits per heavy atom. The highest BCUT2D eigenvalue weighted by atomic mass is 32.2. The van der Waals surface area contributed by atoms with Crippen LogP contribution in [0.15, 0.2) is 30.6 Å². The first-order chi connectivity index (χ1) is 9.74. The number of thioether (sulfide) groups is 1. The number of nitrogens with zero attached hydrogens (tertiary/aromatic N) is 2. The third kappa shape index (κ3) is 5.05. The summed E-state index contributed by atoms with van der Waals surface area (Å²) in [7, 11) is 0.